The number of likely N-dealkylation sites (N-methyl/N-ethyl adjacent to an activating group) is 1. The number of carbonyl (C=O) groups excluding carboxylic acids is 1. The van der Waals surface area contributed by atoms with E-state index in [9.17, 15) is 9.18 Å². The van der Waals surface area contributed by atoms with Gasteiger partial charge >= 0.3 is 0 Å². The zero-order valence-corrected chi connectivity index (χ0v) is 16.1. The lowest BCUT2D eigenvalue weighted by Crippen LogP contribution is -2.32. The first-order chi connectivity index (χ1) is 13.4. The Labute approximate surface area is 162 Å². The Morgan fingerprint density at radius 3 is 2.79 bits per heavy atom. The van der Waals surface area contributed by atoms with Gasteiger partial charge in [0.2, 0.25) is 0 Å². The molecule has 1 atom stereocenters. The van der Waals surface area contributed by atoms with Crippen molar-refractivity contribution in [3.8, 4) is 0 Å². The topological polar surface area (TPSA) is 78.7 Å². The van der Waals surface area contributed by atoms with E-state index in [1.54, 1.807) is 11.4 Å². The van der Waals surface area contributed by atoms with Crippen LogP contribution in [0.15, 0.2) is 30.5 Å². The molecule has 0 spiro atoms. The van der Waals surface area contributed by atoms with E-state index in [2.05, 4.69) is 44.3 Å². The van der Waals surface area contributed by atoms with Gasteiger partial charge < -0.3 is 15.1 Å². The van der Waals surface area contributed by atoms with Gasteiger partial charge in [0.15, 0.2) is 11.3 Å². The number of halogens is 1. The highest BCUT2D eigenvalue weighted by Gasteiger charge is 2.26. The number of carbonyl (C=O) groups is 1. The van der Waals surface area contributed by atoms with Crippen LogP contribution in [-0.2, 0) is 0 Å². The van der Waals surface area contributed by atoms with Crippen LogP contribution >= 0.6 is 0 Å². The number of anilines is 2. The van der Waals surface area contributed by atoms with Gasteiger partial charge in [-0.1, -0.05) is 0 Å². The molecule has 0 bridgehead atoms. The molecule has 1 aliphatic heterocycles. The van der Waals surface area contributed by atoms with Crippen LogP contribution in [-0.4, -0.2) is 63.6 Å². The minimum atomic E-state index is -0.461. The molecule has 1 N–H and O–H groups in total. The van der Waals surface area contributed by atoms with Gasteiger partial charge in [-0.2, -0.15) is 0 Å². The molecule has 1 amide bonds. The number of pyridine rings is 1. The zero-order chi connectivity index (χ0) is 19.8. The number of aromatic nitrogens is 4. The molecule has 9 heteroatoms. The second-order valence-electron chi connectivity index (χ2n) is 7.18. The molecule has 4 rings (SSSR count). The Hall–Kier alpha value is -3.07. The molecule has 3 aromatic heterocycles. The fourth-order valence-electron chi connectivity index (χ4n) is 3.46. The standard InChI is InChI=1S/C19H22FN7O/c1-12-18(19(28)23-15-5-4-13(20)10-21-15)27-16(22-12)6-7-17(24-27)26-9-8-14(11-26)25(2)3/h4-7,10,14H,8-9,11H2,1-3H3,(H,21,23,28). The highest BCUT2D eigenvalue weighted by atomic mass is 19.1. The summed E-state index contributed by atoms with van der Waals surface area (Å²) in [7, 11) is 4.16. The molecule has 146 valence electrons. The predicted octanol–water partition coefficient (Wildman–Crippen LogP) is 1.96. The quantitative estimate of drug-likeness (QED) is 0.742. The van der Waals surface area contributed by atoms with Crippen molar-refractivity contribution >= 4 is 23.2 Å². The first-order valence-corrected chi connectivity index (χ1v) is 9.13. The van der Waals surface area contributed by atoms with Gasteiger partial charge in [0.1, 0.15) is 17.5 Å². The van der Waals surface area contributed by atoms with Gasteiger partial charge in [-0.3, -0.25) is 4.79 Å². The van der Waals surface area contributed by atoms with Crippen LogP contribution in [0.3, 0.4) is 0 Å². The summed E-state index contributed by atoms with van der Waals surface area (Å²) < 4.78 is 14.6. The lowest BCUT2D eigenvalue weighted by atomic mass is 10.2. The van der Waals surface area contributed by atoms with E-state index in [-0.39, 0.29) is 11.7 Å². The monoisotopic (exact) mass is 383 g/mol. The molecule has 1 aliphatic rings. The molecule has 0 aromatic carbocycles. The lowest BCUT2D eigenvalue weighted by Gasteiger charge is -2.21. The van der Waals surface area contributed by atoms with Gasteiger partial charge in [0, 0.05) is 19.1 Å². The number of nitrogens with one attached hydrogen (secondary N) is 1. The van der Waals surface area contributed by atoms with E-state index in [0.29, 0.717) is 23.1 Å². The SMILES string of the molecule is Cc1nc2ccc(N3CCC(N(C)C)C3)nn2c1C(=O)Nc1ccc(F)cn1. The summed E-state index contributed by atoms with van der Waals surface area (Å²) in [6, 6.07) is 6.94. The number of amides is 1. The molecule has 4 heterocycles. The third-order valence-corrected chi connectivity index (χ3v) is 5.04. The second kappa shape index (κ2) is 7.16. The van der Waals surface area contributed by atoms with Crippen molar-refractivity contribution in [2.75, 3.05) is 37.4 Å². The molecular formula is C19H22FN7O. The van der Waals surface area contributed by atoms with Crippen molar-refractivity contribution in [2.24, 2.45) is 0 Å². The summed E-state index contributed by atoms with van der Waals surface area (Å²) >= 11 is 0. The molecule has 0 saturated carbocycles. The van der Waals surface area contributed by atoms with Crippen LogP contribution in [0.1, 0.15) is 22.6 Å². The van der Waals surface area contributed by atoms with Crippen LogP contribution in [0, 0.1) is 12.7 Å². The highest BCUT2D eigenvalue weighted by molar-refractivity contribution is 6.03. The average molecular weight is 383 g/mol. The molecule has 3 aromatic rings. The summed E-state index contributed by atoms with van der Waals surface area (Å²) in [6.07, 6.45) is 2.13. The van der Waals surface area contributed by atoms with Gasteiger partial charge in [-0.05, 0) is 51.7 Å². The number of hydrogen-bond acceptors (Lipinski definition) is 6. The number of nitrogens with zero attached hydrogens (tertiary/aromatic N) is 6. The Kier molecular flexibility index (Phi) is 4.68. The number of hydrogen-bond donors (Lipinski definition) is 1. The summed E-state index contributed by atoms with van der Waals surface area (Å²) in [5, 5.41) is 7.35. The Morgan fingerprint density at radius 1 is 1.29 bits per heavy atom. The van der Waals surface area contributed by atoms with E-state index in [1.807, 2.05) is 12.1 Å². The summed E-state index contributed by atoms with van der Waals surface area (Å²) in [5.74, 6) is 0.228. The maximum atomic E-state index is 13.0. The average Bonchev–Trinajstić information content (AvgIpc) is 3.27. The van der Waals surface area contributed by atoms with Crippen molar-refractivity contribution < 1.29 is 9.18 Å². The molecule has 1 fully saturated rings. The minimum absolute atomic E-state index is 0.269. The number of fused-ring (bicyclic) bond motifs is 1. The van der Waals surface area contributed by atoms with E-state index < -0.39 is 5.82 Å². The highest BCUT2D eigenvalue weighted by Crippen LogP contribution is 2.22. The maximum absolute atomic E-state index is 13.0. The third-order valence-electron chi connectivity index (χ3n) is 5.04. The van der Waals surface area contributed by atoms with Crippen molar-refractivity contribution in [1.82, 2.24) is 24.5 Å². The van der Waals surface area contributed by atoms with Crippen LogP contribution in [0.25, 0.3) is 5.65 Å². The molecule has 0 aliphatic carbocycles. The third kappa shape index (κ3) is 3.40. The maximum Gasteiger partial charge on any atom is 0.277 e. The second-order valence-corrected chi connectivity index (χ2v) is 7.18. The van der Waals surface area contributed by atoms with Crippen molar-refractivity contribution in [1.29, 1.82) is 0 Å². The van der Waals surface area contributed by atoms with Crippen molar-refractivity contribution in [3.05, 3.63) is 47.7 Å². The van der Waals surface area contributed by atoms with Crippen LogP contribution in [0.4, 0.5) is 16.0 Å². The number of aryl methyl sites for hydroxylation is 1. The van der Waals surface area contributed by atoms with Crippen LogP contribution in [0.5, 0.6) is 0 Å². The van der Waals surface area contributed by atoms with E-state index >= 15 is 0 Å². The molecule has 8 nitrogen and oxygen atoms in total. The first-order valence-electron chi connectivity index (χ1n) is 9.13. The fraction of sp³-hybridized carbons (Fsp3) is 0.368. The summed E-state index contributed by atoms with van der Waals surface area (Å²) in [6.45, 7) is 3.57. The zero-order valence-electron chi connectivity index (χ0n) is 16.1. The summed E-state index contributed by atoms with van der Waals surface area (Å²) in [5.41, 5.74) is 1.50. The van der Waals surface area contributed by atoms with Crippen molar-refractivity contribution in [3.63, 3.8) is 0 Å². The molecular weight excluding hydrogens is 361 g/mol. The minimum Gasteiger partial charge on any atom is -0.354 e. The van der Waals surface area contributed by atoms with Crippen LogP contribution in [0.2, 0.25) is 0 Å². The van der Waals surface area contributed by atoms with Gasteiger partial charge in [-0.15, -0.1) is 5.10 Å². The molecule has 1 saturated heterocycles. The predicted molar refractivity (Wildman–Crippen MR) is 104 cm³/mol. The van der Waals surface area contributed by atoms with Gasteiger partial charge in [-0.25, -0.2) is 18.9 Å². The largest absolute Gasteiger partial charge is 0.354 e. The van der Waals surface area contributed by atoms with E-state index in [1.165, 1.54) is 12.1 Å². The van der Waals surface area contributed by atoms with Crippen molar-refractivity contribution in [2.45, 2.75) is 19.4 Å². The van der Waals surface area contributed by atoms with Gasteiger partial charge in [0.05, 0.1) is 11.9 Å². The summed E-state index contributed by atoms with van der Waals surface area (Å²) in [4.78, 5) is 25.5. The van der Waals surface area contributed by atoms with E-state index in [0.717, 1.165) is 31.5 Å². The van der Waals surface area contributed by atoms with Crippen LogP contribution < -0.4 is 10.2 Å². The number of imidazole rings is 1. The normalized spacial score (nSPS) is 16.9. The Bertz CT molecular complexity index is 1020. The Morgan fingerprint density at radius 2 is 2.11 bits per heavy atom. The number of rotatable bonds is 4. The molecule has 0 radical (unpaired) electrons. The molecule has 1 unspecified atom stereocenters. The van der Waals surface area contributed by atoms with Gasteiger partial charge in [0.25, 0.3) is 5.91 Å². The first kappa shape index (κ1) is 18.3. The Balaban J connectivity index is 1.64. The van der Waals surface area contributed by atoms with E-state index in [4.69, 9.17) is 0 Å². The smallest absolute Gasteiger partial charge is 0.277 e. The molecule has 28 heavy (non-hydrogen) atoms. The lowest BCUT2D eigenvalue weighted by molar-refractivity contribution is 0.101. The fourth-order valence-corrected chi connectivity index (χ4v) is 3.46.